The van der Waals surface area contributed by atoms with Gasteiger partial charge in [-0.2, -0.15) is 0 Å². The Hall–Kier alpha value is -1.60. The summed E-state index contributed by atoms with van der Waals surface area (Å²) in [5.74, 6) is 6.61. The van der Waals surface area contributed by atoms with E-state index in [9.17, 15) is 9.59 Å². The van der Waals surface area contributed by atoms with Gasteiger partial charge in [0.25, 0.3) is 0 Å². The van der Waals surface area contributed by atoms with E-state index in [2.05, 4.69) is 28.9 Å². The van der Waals surface area contributed by atoms with Gasteiger partial charge in [-0.25, -0.2) is 0 Å². The molecule has 4 nitrogen and oxygen atoms in total. The highest BCUT2D eigenvalue weighted by Gasteiger charge is 2.58. The van der Waals surface area contributed by atoms with E-state index in [4.69, 9.17) is 0 Å². The highest BCUT2D eigenvalue weighted by molar-refractivity contribution is 6.06. The molecule has 116 valence electrons. The van der Waals surface area contributed by atoms with Gasteiger partial charge in [0.05, 0.1) is 24.9 Å². The summed E-state index contributed by atoms with van der Waals surface area (Å²) in [6.07, 6.45) is 9.07. The van der Waals surface area contributed by atoms with Gasteiger partial charge in [0.2, 0.25) is 11.8 Å². The molecular formula is C18H22N2O2. The summed E-state index contributed by atoms with van der Waals surface area (Å²) >= 11 is 0. The summed E-state index contributed by atoms with van der Waals surface area (Å²) in [4.78, 5) is 28.7. The van der Waals surface area contributed by atoms with Crippen LogP contribution < -0.4 is 0 Å². The van der Waals surface area contributed by atoms with E-state index in [-0.39, 0.29) is 42.0 Å². The number of hydrogen-bond acceptors (Lipinski definition) is 3. The Morgan fingerprint density at radius 2 is 1.50 bits per heavy atom. The fraction of sp³-hybridized carbons (Fsp3) is 0.667. The van der Waals surface area contributed by atoms with Gasteiger partial charge in [0, 0.05) is 0 Å². The molecule has 2 bridgehead atoms. The second kappa shape index (κ2) is 5.55. The summed E-state index contributed by atoms with van der Waals surface area (Å²) in [5.41, 5.74) is 0. The number of likely N-dealkylation sites (tertiary alicyclic amines) is 2. The smallest absolute Gasteiger partial charge is 0.234 e. The molecule has 4 unspecified atom stereocenters. The second-order valence-electron chi connectivity index (χ2n) is 6.95. The zero-order valence-electron chi connectivity index (χ0n) is 12.8. The number of hydrogen-bond donors (Lipinski definition) is 0. The summed E-state index contributed by atoms with van der Waals surface area (Å²) in [6, 6.07) is 0. The van der Waals surface area contributed by atoms with Gasteiger partial charge in [-0.05, 0) is 44.2 Å². The largest absolute Gasteiger partial charge is 0.292 e. The van der Waals surface area contributed by atoms with Gasteiger partial charge < -0.3 is 0 Å². The van der Waals surface area contributed by atoms with Crippen LogP contribution in [-0.2, 0) is 9.59 Å². The fourth-order valence-corrected chi connectivity index (χ4v) is 4.54. The van der Waals surface area contributed by atoms with Crippen molar-refractivity contribution in [1.29, 1.82) is 0 Å². The summed E-state index contributed by atoms with van der Waals surface area (Å²) < 4.78 is 0. The number of rotatable bonds is 2. The number of nitrogens with zero attached hydrogens (tertiary/aromatic N) is 2. The normalized spacial score (nSPS) is 36.6. The molecule has 4 rings (SSSR count). The first-order chi connectivity index (χ1) is 10.8. The first kappa shape index (κ1) is 14.0. The predicted octanol–water partition coefficient (Wildman–Crippen LogP) is 1.28. The summed E-state index contributed by atoms with van der Waals surface area (Å²) in [6.45, 7) is 3.28. The lowest BCUT2D eigenvalue weighted by molar-refractivity contribution is -0.139. The quantitative estimate of drug-likeness (QED) is 0.438. The first-order valence-corrected chi connectivity index (χ1v) is 8.47. The summed E-state index contributed by atoms with van der Waals surface area (Å²) in [5, 5.41) is 0. The van der Waals surface area contributed by atoms with Crippen molar-refractivity contribution in [1.82, 2.24) is 9.80 Å². The van der Waals surface area contributed by atoms with E-state index in [0.29, 0.717) is 0 Å². The van der Waals surface area contributed by atoms with Gasteiger partial charge in [-0.1, -0.05) is 30.4 Å². The van der Waals surface area contributed by atoms with E-state index < -0.39 is 0 Å². The minimum Gasteiger partial charge on any atom is -0.292 e. The third kappa shape index (κ3) is 2.19. The minimum atomic E-state index is -0.0913. The molecule has 0 aromatic heterocycles. The van der Waals surface area contributed by atoms with E-state index in [1.54, 1.807) is 0 Å². The van der Waals surface area contributed by atoms with Crippen LogP contribution in [0.4, 0.5) is 0 Å². The Morgan fingerprint density at radius 1 is 0.909 bits per heavy atom. The zero-order chi connectivity index (χ0) is 15.1. The molecule has 0 spiro atoms. The van der Waals surface area contributed by atoms with Gasteiger partial charge in [-0.3, -0.25) is 19.4 Å². The third-order valence-electron chi connectivity index (χ3n) is 5.68. The van der Waals surface area contributed by atoms with Gasteiger partial charge >= 0.3 is 0 Å². The molecule has 2 aliphatic heterocycles. The van der Waals surface area contributed by atoms with Crippen molar-refractivity contribution in [3.05, 3.63) is 12.2 Å². The Labute approximate surface area is 131 Å². The van der Waals surface area contributed by atoms with E-state index >= 15 is 0 Å². The average Bonchev–Trinajstić information content (AvgIpc) is 3.21. The van der Waals surface area contributed by atoms with Crippen LogP contribution in [-0.4, -0.2) is 47.8 Å². The van der Waals surface area contributed by atoms with E-state index in [0.717, 1.165) is 26.1 Å². The number of allylic oxidation sites excluding steroid dienone is 2. The number of carbonyl (C=O) groups is 2. The molecule has 2 amide bonds. The molecule has 0 aromatic carbocycles. The van der Waals surface area contributed by atoms with Gasteiger partial charge in [0.1, 0.15) is 0 Å². The molecule has 4 aliphatic rings. The molecule has 0 radical (unpaired) electrons. The number of imide groups is 1. The number of fused-ring (bicyclic) bond motifs is 5. The van der Waals surface area contributed by atoms with Crippen molar-refractivity contribution in [3.63, 3.8) is 0 Å². The Balaban J connectivity index is 1.36. The van der Waals surface area contributed by atoms with E-state index in [1.807, 2.05) is 0 Å². The van der Waals surface area contributed by atoms with Crippen molar-refractivity contribution < 1.29 is 9.59 Å². The number of piperidine rings is 1. The van der Waals surface area contributed by atoms with Crippen molar-refractivity contribution >= 4 is 11.8 Å². The third-order valence-corrected chi connectivity index (χ3v) is 5.68. The van der Waals surface area contributed by atoms with Gasteiger partial charge in [0.15, 0.2) is 0 Å². The SMILES string of the molecule is O=C1C2C3C=CC(C3)C2C(=O)N1CC#CCN1CCCCC1. The standard InChI is InChI=1S/C18H22N2O2/c21-17-15-13-6-7-14(12-13)16(15)18(22)20(17)11-5-4-10-19-8-2-1-3-9-19/h6-7,13-16H,1-3,8-12H2. The highest BCUT2D eigenvalue weighted by atomic mass is 16.2. The van der Waals surface area contributed by atoms with Crippen LogP contribution in [0.2, 0.25) is 0 Å². The maximum Gasteiger partial charge on any atom is 0.234 e. The molecule has 2 heterocycles. The lowest BCUT2D eigenvalue weighted by Crippen LogP contribution is -2.33. The number of amides is 2. The molecule has 4 atom stereocenters. The maximum atomic E-state index is 12.5. The predicted molar refractivity (Wildman–Crippen MR) is 82.5 cm³/mol. The number of carbonyl (C=O) groups excluding carboxylic acids is 2. The van der Waals surface area contributed by atoms with Crippen LogP contribution in [0.3, 0.4) is 0 Å². The fourth-order valence-electron chi connectivity index (χ4n) is 4.54. The minimum absolute atomic E-state index is 0.0131. The lowest BCUT2D eigenvalue weighted by atomic mass is 9.85. The van der Waals surface area contributed by atoms with Crippen LogP contribution in [0.15, 0.2) is 12.2 Å². The molecule has 2 aliphatic carbocycles. The summed E-state index contributed by atoms with van der Waals surface area (Å²) in [7, 11) is 0. The Kier molecular flexibility index (Phi) is 3.54. The van der Waals surface area contributed by atoms with E-state index in [1.165, 1.54) is 24.2 Å². The Morgan fingerprint density at radius 3 is 2.14 bits per heavy atom. The first-order valence-electron chi connectivity index (χ1n) is 8.47. The Bertz CT molecular complexity index is 550. The monoisotopic (exact) mass is 298 g/mol. The highest BCUT2D eigenvalue weighted by Crippen LogP contribution is 2.52. The zero-order valence-corrected chi connectivity index (χ0v) is 12.8. The van der Waals surface area contributed by atoms with Gasteiger partial charge in [-0.15, -0.1) is 0 Å². The van der Waals surface area contributed by atoms with Crippen molar-refractivity contribution in [2.75, 3.05) is 26.2 Å². The van der Waals surface area contributed by atoms with Crippen LogP contribution in [0.5, 0.6) is 0 Å². The average molecular weight is 298 g/mol. The molecular weight excluding hydrogens is 276 g/mol. The molecule has 22 heavy (non-hydrogen) atoms. The van der Waals surface area contributed by atoms with Crippen LogP contribution in [0, 0.1) is 35.5 Å². The van der Waals surface area contributed by atoms with Crippen molar-refractivity contribution in [2.24, 2.45) is 23.7 Å². The molecule has 1 saturated carbocycles. The van der Waals surface area contributed by atoms with Crippen molar-refractivity contribution in [2.45, 2.75) is 25.7 Å². The maximum absolute atomic E-state index is 12.5. The molecule has 0 N–H and O–H groups in total. The topological polar surface area (TPSA) is 40.6 Å². The second-order valence-corrected chi connectivity index (χ2v) is 6.95. The lowest BCUT2D eigenvalue weighted by Gasteiger charge is -2.23. The van der Waals surface area contributed by atoms with Crippen LogP contribution in [0.25, 0.3) is 0 Å². The molecule has 2 saturated heterocycles. The van der Waals surface area contributed by atoms with Crippen molar-refractivity contribution in [3.8, 4) is 11.8 Å². The molecule has 0 aromatic rings. The molecule has 4 heteroatoms. The van der Waals surface area contributed by atoms with Crippen LogP contribution in [0.1, 0.15) is 25.7 Å². The van der Waals surface area contributed by atoms with Crippen LogP contribution >= 0.6 is 0 Å². The molecule has 3 fully saturated rings.